The second-order valence-electron chi connectivity index (χ2n) is 3.27. The number of hydrogen-bond acceptors (Lipinski definition) is 2. The second kappa shape index (κ2) is 4.24. The third kappa shape index (κ3) is 1.93. The predicted molar refractivity (Wildman–Crippen MR) is 54.5 cm³/mol. The number of halogens is 1. The lowest BCUT2D eigenvalue weighted by Gasteiger charge is -2.12. The average Bonchev–Trinajstić information content (AvgIpc) is 2.15. The molecule has 3 heteroatoms. The van der Waals surface area contributed by atoms with E-state index in [1.54, 1.807) is 25.1 Å². The number of aromatic hydroxyl groups is 1. The molecular formula is C11H14FNO. The fraction of sp³-hybridized carbons (Fsp3) is 0.273. The van der Waals surface area contributed by atoms with E-state index in [1.807, 2.05) is 0 Å². The van der Waals surface area contributed by atoms with Crippen LogP contribution in [-0.4, -0.2) is 5.11 Å². The Kier molecular flexibility index (Phi) is 3.25. The summed E-state index contributed by atoms with van der Waals surface area (Å²) >= 11 is 0. The largest absolute Gasteiger partial charge is 0.505 e. The summed E-state index contributed by atoms with van der Waals surface area (Å²) in [5.41, 5.74) is 6.57. The molecule has 0 unspecified atom stereocenters. The van der Waals surface area contributed by atoms with Crippen LogP contribution in [0.1, 0.15) is 23.6 Å². The third-order valence-electron chi connectivity index (χ3n) is 2.16. The highest BCUT2D eigenvalue weighted by molar-refractivity contribution is 5.39. The lowest BCUT2D eigenvalue weighted by atomic mass is 10.0. The van der Waals surface area contributed by atoms with Gasteiger partial charge >= 0.3 is 0 Å². The van der Waals surface area contributed by atoms with Crippen LogP contribution >= 0.6 is 0 Å². The summed E-state index contributed by atoms with van der Waals surface area (Å²) in [6, 6.07) is 2.84. The van der Waals surface area contributed by atoms with Gasteiger partial charge in [-0.2, -0.15) is 0 Å². The van der Waals surface area contributed by atoms with E-state index in [2.05, 4.69) is 6.58 Å². The van der Waals surface area contributed by atoms with Crippen molar-refractivity contribution >= 4 is 0 Å². The summed E-state index contributed by atoms with van der Waals surface area (Å²) in [7, 11) is 0. The first-order chi connectivity index (χ1) is 6.57. The van der Waals surface area contributed by atoms with Crippen LogP contribution < -0.4 is 5.73 Å². The molecule has 0 aliphatic carbocycles. The second-order valence-corrected chi connectivity index (χ2v) is 3.27. The van der Waals surface area contributed by atoms with Gasteiger partial charge in [-0.3, -0.25) is 0 Å². The molecule has 3 N–H and O–H groups in total. The first-order valence-electron chi connectivity index (χ1n) is 4.42. The van der Waals surface area contributed by atoms with Crippen LogP contribution in [0, 0.1) is 12.7 Å². The van der Waals surface area contributed by atoms with Crippen molar-refractivity contribution in [1.82, 2.24) is 0 Å². The zero-order chi connectivity index (χ0) is 10.7. The van der Waals surface area contributed by atoms with Gasteiger partial charge in [-0.05, 0) is 18.9 Å². The van der Waals surface area contributed by atoms with Crippen LogP contribution in [0.2, 0.25) is 0 Å². The fourth-order valence-corrected chi connectivity index (χ4v) is 1.29. The summed E-state index contributed by atoms with van der Waals surface area (Å²) < 4.78 is 13.3. The van der Waals surface area contributed by atoms with E-state index in [0.717, 1.165) is 0 Å². The molecule has 0 aliphatic rings. The zero-order valence-electron chi connectivity index (χ0n) is 8.13. The Morgan fingerprint density at radius 1 is 1.64 bits per heavy atom. The zero-order valence-corrected chi connectivity index (χ0v) is 8.13. The highest BCUT2D eigenvalue weighted by Gasteiger charge is 2.14. The normalized spacial score (nSPS) is 12.5. The monoisotopic (exact) mass is 195 g/mol. The quantitative estimate of drug-likeness (QED) is 0.727. The van der Waals surface area contributed by atoms with Crippen molar-refractivity contribution in [3.05, 3.63) is 41.7 Å². The molecule has 0 amide bonds. The van der Waals surface area contributed by atoms with Crippen LogP contribution in [-0.2, 0) is 0 Å². The van der Waals surface area contributed by atoms with Gasteiger partial charge in [0.15, 0.2) is 11.6 Å². The van der Waals surface area contributed by atoms with Gasteiger partial charge in [0.2, 0.25) is 0 Å². The minimum absolute atomic E-state index is 0.348. The van der Waals surface area contributed by atoms with Gasteiger partial charge in [0.25, 0.3) is 0 Å². The van der Waals surface area contributed by atoms with E-state index in [-0.39, 0.29) is 5.75 Å². The Hall–Kier alpha value is -1.35. The summed E-state index contributed by atoms with van der Waals surface area (Å²) in [6.07, 6.45) is 2.15. The van der Waals surface area contributed by atoms with Crippen molar-refractivity contribution in [2.75, 3.05) is 0 Å². The van der Waals surface area contributed by atoms with Crippen LogP contribution in [0.3, 0.4) is 0 Å². The van der Waals surface area contributed by atoms with Gasteiger partial charge in [-0.25, -0.2) is 4.39 Å². The Morgan fingerprint density at radius 3 is 2.86 bits per heavy atom. The highest BCUT2D eigenvalue weighted by atomic mass is 19.1. The summed E-state index contributed by atoms with van der Waals surface area (Å²) in [6.45, 7) is 5.14. The molecule has 0 bridgehead atoms. The number of rotatable bonds is 3. The number of phenolic OH excluding ortho intramolecular Hbond substituents is 1. The van der Waals surface area contributed by atoms with Crippen molar-refractivity contribution in [2.45, 2.75) is 19.4 Å². The van der Waals surface area contributed by atoms with Crippen molar-refractivity contribution in [3.63, 3.8) is 0 Å². The van der Waals surface area contributed by atoms with Crippen LogP contribution in [0.25, 0.3) is 0 Å². The van der Waals surface area contributed by atoms with Crippen molar-refractivity contribution in [3.8, 4) is 5.75 Å². The summed E-state index contributed by atoms with van der Waals surface area (Å²) in [4.78, 5) is 0. The molecule has 1 aromatic rings. The van der Waals surface area contributed by atoms with E-state index < -0.39 is 11.9 Å². The smallest absolute Gasteiger partial charge is 0.168 e. The van der Waals surface area contributed by atoms with Gasteiger partial charge in [0.05, 0.1) is 0 Å². The molecular weight excluding hydrogens is 181 g/mol. The number of aryl methyl sites for hydroxylation is 1. The molecule has 76 valence electrons. The Morgan fingerprint density at radius 2 is 2.29 bits per heavy atom. The van der Waals surface area contributed by atoms with E-state index in [1.165, 1.54) is 0 Å². The topological polar surface area (TPSA) is 46.2 Å². The van der Waals surface area contributed by atoms with Crippen molar-refractivity contribution < 1.29 is 9.50 Å². The first kappa shape index (κ1) is 10.7. The average molecular weight is 195 g/mol. The van der Waals surface area contributed by atoms with E-state index in [9.17, 15) is 9.50 Å². The highest BCUT2D eigenvalue weighted by Crippen LogP contribution is 2.29. The minimum Gasteiger partial charge on any atom is -0.505 e. The van der Waals surface area contributed by atoms with Gasteiger partial charge in [0, 0.05) is 11.6 Å². The maximum absolute atomic E-state index is 13.3. The van der Waals surface area contributed by atoms with Crippen LogP contribution in [0.15, 0.2) is 24.8 Å². The molecule has 0 fully saturated rings. The Balaban J connectivity index is 3.10. The first-order valence-corrected chi connectivity index (χ1v) is 4.42. The van der Waals surface area contributed by atoms with Gasteiger partial charge in [-0.1, -0.05) is 18.2 Å². The molecule has 0 radical (unpaired) electrons. The number of phenols is 1. The van der Waals surface area contributed by atoms with Gasteiger partial charge < -0.3 is 10.8 Å². The molecule has 0 aromatic heterocycles. The molecule has 0 heterocycles. The number of hydrogen-bond donors (Lipinski definition) is 2. The molecule has 1 aromatic carbocycles. The van der Waals surface area contributed by atoms with Gasteiger partial charge in [0.1, 0.15) is 0 Å². The molecule has 2 nitrogen and oxygen atoms in total. The fourth-order valence-electron chi connectivity index (χ4n) is 1.29. The van der Waals surface area contributed by atoms with Gasteiger partial charge in [-0.15, -0.1) is 6.58 Å². The number of nitrogens with two attached hydrogens (primary N) is 1. The van der Waals surface area contributed by atoms with E-state index >= 15 is 0 Å². The maximum Gasteiger partial charge on any atom is 0.168 e. The van der Waals surface area contributed by atoms with Crippen molar-refractivity contribution in [1.29, 1.82) is 0 Å². The Labute approximate surface area is 82.9 Å². The maximum atomic E-state index is 13.3. The molecule has 0 aliphatic heterocycles. The summed E-state index contributed by atoms with van der Waals surface area (Å²) in [5.74, 6) is -0.943. The molecule has 0 saturated carbocycles. The number of benzene rings is 1. The van der Waals surface area contributed by atoms with Crippen LogP contribution in [0.4, 0.5) is 4.39 Å². The lowest BCUT2D eigenvalue weighted by molar-refractivity contribution is 0.418. The molecule has 14 heavy (non-hydrogen) atoms. The molecule has 1 atom stereocenters. The standard InChI is InChI=1S/C11H14FNO/c1-3-4-9(13)8-6-5-7(2)10(12)11(8)14/h3,5-6,9,14H,1,4,13H2,2H3/t9-/m1/s1. The molecule has 0 spiro atoms. The predicted octanol–water partition coefficient (Wildman–Crippen LogP) is 2.42. The molecule has 1 rings (SSSR count). The van der Waals surface area contributed by atoms with E-state index in [4.69, 9.17) is 5.73 Å². The minimum atomic E-state index is -0.595. The SMILES string of the molecule is C=CC[C@@H](N)c1ccc(C)c(F)c1O. The Bertz CT molecular complexity index is 349. The van der Waals surface area contributed by atoms with E-state index in [0.29, 0.717) is 17.5 Å². The molecule has 0 saturated heterocycles. The third-order valence-corrected chi connectivity index (χ3v) is 2.16. The summed E-state index contributed by atoms with van der Waals surface area (Å²) in [5, 5.41) is 9.49. The van der Waals surface area contributed by atoms with Crippen LogP contribution in [0.5, 0.6) is 5.75 Å². The lowest BCUT2D eigenvalue weighted by Crippen LogP contribution is -2.10. The van der Waals surface area contributed by atoms with Crippen molar-refractivity contribution in [2.24, 2.45) is 5.73 Å².